The van der Waals surface area contributed by atoms with E-state index in [4.69, 9.17) is 4.52 Å². The normalized spacial score (nSPS) is 14.4. The minimum absolute atomic E-state index is 0.188. The third-order valence-corrected chi connectivity index (χ3v) is 4.35. The highest BCUT2D eigenvalue weighted by Crippen LogP contribution is 2.25. The quantitative estimate of drug-likeness (QED) is 0.824. The van der Waals surface area contributed by atoms with Gasteiger partial charge >= 0.3 is 0 Å². The molecule has 1 aromatic heterocycles. The van der Waals surface area contributed by atoms with Crippen LogP contribution in [0, 0.1) is 6.92 Å². The van der Waals surface area contributed by atoms with Crippen LogP contribution in [0.15, 0.2) is 27.2 Å². The molecule has 21 heavy (non-hydrogen) atoms. The second-order valence-electron chi connectivity index (χ2n) is 5.41. The number of nitrogens with one attached hydrogen (secondary N) is 1. The first kappa shape index (κ1) is 14.3. The van der Waals surface area contributed by atoms with Crippen LogP contribution in [-0.2, 0) is 12.8 Å². The first-order chi connectivity index (χ1) is 10.1. The predicted octanol–water partition coefficient (Wildman–Crippen LogP) is 4.27. The second-order valence-corrected chi connectivity index (χ2v) is 6.32. The lowest BCUT2D eigenvalue weighted by Gasteiger charge is -2.08. The number of aromatic nitrogens is 1. The van der Waals surface area contributed by atoms with E-state index in [9.17, 15) is 4.79 Å². The van der Waals surface area contributed by atoms with Gasteiger partial charge in [-0.25, -0.2) is 0 Å². The number of rotatable bonds is 2. The molecule has 110 valence electrons. The van der Waals surface area contributed by atoms with E-state index in [-0.39, 0.29) is 5.91 Å². The van der Waals surface area contributed by atoms with Gasteiger partial charge in [0.15, 0.2) is 5.69 Å². The van der Waals surface area contributed by atoms with Crippen molar-refractivity contribution in [3.05, 3.63) is 45.3 Å². The third kappa shape index (κ3) is 3.02. The molecule has 0 spiro atoms. The van der Waals surface area contributed by atoms with Crippen LogP contribution < -0.4 is 5.32 Å². The van der Waals surface area contributed by atoms with Crippen LogP contribution in [0.5, 0.6) is 0 Å². The molecule has 1 N–H and O–H groups in total. The number of hydrogen-bond donors (Lipinski definition) is 1. The summed E-state index contributed by atoms with van der Waals surface area (Å²) in [5, 5.41) is 6.91. The van der Waals surface area contributed by atoms with Crippen LogP contribution in [0.1, 0.15) is 46.6 Å². The Morgan fingerprint density at radius 3 is 2.90 bits per heavy atom. The number of hydrogen-bond acceptors (Lipinski definition) is 3. The summed E-state index contributed by atoms with van der Waals surface area (Å²) in [5.41, 5.74) is 3.23. The van der Waals surface area contributed by atoms with Gasteiger partial charge in [0, 0.05) is 22.1 Å². The van der Waals surface area contributed by atoms with Gasteiger partial charge in [-0.2, -0.15) is 0 Å². The fourth-order valence-corrected chi connectivity index (χ4v) is 3.16. The summed E-state index contributed by atoms with van der Waals surface area (Å²) in [6.07, 6.45) is 5.13. The van der Waals surface area contributed by atoms with Gasteiger partial charge in [0.2, 0.25) is 0 Å². The number of fused-ring (bicyclic) bond motifs is 1. The van der Waals surface area contributed by atoms with Gasteiger partial charge in [-0.3, -0.25) is 4.79 Å². The molecule has 0 fully saturated rings. The molecule has 0 aliphatic heterocycles. The average molecular weight is 349 g/mol. The minimum atomic E-state index is -0.188. The molecule has 1 amide bonds. The summed E-state index contributed by atoms with van der Waals surface area (Å²) < 4.78 is 6.35. The molecule has 3 rings (SSSR count). The fourth-order valence-electron chi connectivity index (χ4n) is 2.69. The minimum Gasteiger partial charge on any atom is -0.360 e. The Kier molecular flexibility index (Phi) is 4.10. The van der Waals surface area contributed by atoms with Crippen molar-refractivity contribution in [3.63, 3.8) is 0 Å². The lowest BCUT2D eigenvalue weighted by molar-refractivity contribution is 0.101. The van der Waals surface area contributed by atoms with Crippen molar-refractivity contribution in [2.75, 3.05) is 5.32 Å². The lowest BCUT2D eigenvalue weighted by atomic mass is 10.1. The van der Waals surface area contributed by atoms with Gasteiger partial charge in [0.1, 0.15) is 5.76 Å². The number of aryl methyl sites for hydroxylation is 2. The topological polar surface area (TPSA) is 55.1 Å². The Labute approximate surface area is 132 Å². The number of benzene rings is 1. The highest BCUT2D eigenvalue weighted by molar-refractivity contribution is 9.10. The summed E-state index contributed by atoms with van der Waals surface area (Å²) in [6, 6.07) is 5.76. The number of carbonyl (C=O) groups is 1. The molecular weight excluding hydrogens is 332 g/mol. The predicted molar refractivity (Wildman–Crippen MR) is 84.6 cm³/mol. The largest absolute Gasteiger partial charge is 0.360 e. The fraction of sp³-hybridized carbons (Fsp3) is 0.375. The summed E-state index contributed by atoms with van der Waals surface area (Å²) in [7, 11) is 0. The highest BCUT2D eigenvalue weighted by atomic mass is 79.9. The van der Waals surface area contributed by atoms with E-state index in [2.05, 4.69) is 26.4 Å². The van der Waals surface area contributed by atoms with E-state index in [1.807, 2.05) is 25.1 Å². The average Bonchev–Trinajstić information content (AvgIpc) is 2.71. The summed E-state index contributed by atoms with van der Waals surface area (Å²) in [4.78, 5) is 12.5. The van der Waals surface area contributed by atoms with E-state index in [1.165, 1.54) is 6.42 Å². The first-order valence-corrected chi connectivity index (χ1v) is 7.99. The maximum Gasteiger partial charge on any atom is 0.278 e. The van der Waals surface area contributed by atoms with Crippen LogP contribution in [0.4, 0.5) is 5.69 Å². The van der Waals surface area contributed by atoms with Crippen molar-refractivity contribution in [2.24, 2.45) is 0 Å². The van der Waals surface area contributed by atoms with E-state index >= 15 is 0 Å². The molecule has 0 radical (unpaired) electrons. The Hall–Kier alpha value is -1.62. The lowest BCUT2D eigenvalue weighted by Crippen LogP contribution is -2.15. The van der Waals surface area contributed by atoms with Gasteiger partial charge in [-0.05, 0) is 49.9 Å². The summed E-state index contributed by atoms with van der Waals surface area (Å²) in [6.45, 7) is 1.96. The number of anilines is 1. The number of amides is 1. The molecule has 0 bridgehead atoms. The molecule has 0 saturated heterocycles. The standard InChI is InChI=1S/C16H17BrN2O2/c1-10-9-11(17)7-8-13(10)18-16(20)15-12-5-3-2-4-6-14(12)21-19-15/h7-9H,2-6H2,1H3,(H,18,20). The third-order valence-electron chi connectivity index (χ3n) is 3.85. The zero-order valence-electron chi connectivity index (χ0n) is 11.9. The number of halogens is 1. The van der Waals surface area contributed by atoms with Gasteiger partial charge in [-0.15, -0.1) is 0 Å². The maximum absolute atomic E-state index is 12.5. The Bertz CT molecular complexity index is 679. The SMILES string of the molecule is Cc1cc(Br)ccc1NC(=O)c1noc2c1CCCCC2. The molecule has 4 nitrogen and oxygen atoms in total. The highest BCUT2D eigenvalue weighted by Gasteiger charge is 2.23. The van der Waals surface area contributed by atoms with E-state index in [0.29, 0.717) is 5.69 Å². The smallest absolute Gasteiger partial charge is 0.278 e. The van der Waals surface area contributed by atoms with E-state index in [0.717, 1.165) is 52.7 Å². The summed E-state index contributed by atoms with van der Waals surface area (Å²) >= 11 is 3.42. The molecule has 1 aliphatic carbocycles. The molecule has 0 unspecified atom stereocenters. The van der Waals surface area contributed by atoms with Crippen LogP contribution >= 0.6 is 15.9 Å². The van der Waals surface area contributed by atoms with Gasteiger partial charge in [0.25, 0.3) is 5.91 Å². The molecule has 0 saturated carbocycles. The van der Waals surface area contributed by atoms with Gasteiger partial charge < -0.3 is 9.84 Å². The Balaban J connectivity index is 1.84. The molecule has 1 aliphatic rings. The van der Waals surface area contributed by atoms with E-state index < -0.39 is 0 Å². The monoisotopic (exact) mass is 348 g/mol. The van der Waals surface area contributed by atoms with Crippen molar-refractivity contribution >= 4 is 27.5 Å². The van der Waals surface area contributed by atoms with Crippen molar-refractivity contribution in [3.8, 4) is 0 Å². The van der Waals surface area contributed by atoms with Crippen LogP contribution in [0.25, 0.3) is 0 Å². The van der Waals surface area contributed by atoms with Crippen molar-refractivity contribution in [1.82, 2.24) is 5.16 Å². The Morgan fingerprint density at radius 2 is 2.10 bits per heavy atom. The van der Waals surface area contributed by atoms with Crippen LogP contribution in [-0.4, -0.2) is 11.1 Å². The molecule has 1 aromatic carbocycles. The van der Waals surface area contributed by atoms with Crippen LogP contribution in [0.3, 0.4) is 0 Å². The molecule has 2 aromatic rings. The zero-order chi connectivity index (χ0) is 14.8. The van der Waals surface area contributed by atoms with Crippen LogP contribution in [0.2, 0.25) is 0 Å². The zero-order valence-corrected chi connectivity index (χ0v) is 13.5. The van der Waals surface area contributed by atoms with Gasteiger partial charge in [-0.1, -0.05) is 27.5 Å². The molecule has 1 heterocycles. The number of carbonyl (C=O) groups excluding carboxylic acids is 1. The molecule has 0 atom stereocenters. The Morgan fingerprint density at radius 1 is 1.29 bits per heavy atom. The van der Waals surface area contributed by atoms with E-state index in [1.54, 1.807) is 0 Å². The van der Waals surface area contributed by atoms with Crippen molar-refractivity contribution < 1.29 is 9.32 Å². The second kappa shape index (κ2) is 6.02. The van der Waals surface area contributed by atoms with Crippen molar-refractivity contribution in [1.29, 1.82) is 0 Å². The summed E-state index contributed by atoms with van der Waals surface area (Å²) in [5.74, 6) is 0.692. The maximum atomic E-state index is 12.5. The molecule has 5 heteroatoms. The van der Waals surface area contributed by atoms with Crippen molar-refractivity contribution in [2.45, 2.75) is 39.0 Å². The number of nitrogens with zero attached hydrogens (tertiary/aromatic N) is 1. The van der Waals surface area contributed by atoms with Gasteiger partial charge in [0.05, 0.1) is 0 Å². The molecular formula is C16H17BrN2O2. The first-order valence-electron chi connectivity index (χ1n) is 7.20.